The van der Waals surface area contributed by atoms with Crippen LogP contribution in [-0.2, 0) is 23.9 Å². The number of ether oxygens (including phenoxy) is 2. The van der Waals surface area contributed by atoms with E-state index in [-0.39, 0.29) is 24.2 Å². The van der Waals surface area contributed by atoms with Crippen LogP contribution in [0.2, 0.25) is 0 Å². The maximum Gasteiger partial charge on any atom is 0.228 e. The summed E-state index contributed by atoms with van der Waals surface area (Å²) in [4.78, 5) is 35.3. The highest BCUT2D eigenvalue weighted by molar-refractivity contribution is 5.82. The van der Waals surface area contributed by atoms with Crippen LogP contribution in [0.25, 0.3) is 0 Å². The average molecular weight is 447 g/mol. The zero-order valence-corrected chi connectivity index (χ0v) is 21.9. The third kappa shape index (κ3) is 21.5. The highest BCUT2D eigenvalue weighted by Crippen LogP contribution is 2.20. The minimum atomic E-state index is -0.685. The van der Waals surface area contributed by atoms with Crippen molar-refractivity contribution in [2.45, 2.75) is 100 Å². The second kappa shape index (κ2) is 20.4. The Hall–Kier alpha value is -1.47. The first-order valence-electron chi connectivity index (χ1n) is 11.6. The molecule has 0 fully saturated rings. The van der Waals surface area contributed by atoms with Crippen LogP contribution in [0, 0.1) is 5.41 Å². The molecule has 0 rings (SSSR count). The summed E-state index contributed by atoms with van der Waals surface area (Å²) in [6, 6.07) is 0. The highest BCUT2D eigenvalue weighted by atomic mass is 16.5. The third-order valence-corrected chi connectivity index (χ3v) is 4.00. The Morgan fingerprint density at radius 3 is 1.94 bits per heavy atom. The van der Waals surface area contributed by atoms with Crippen molar-refractivity contribution in [2.24, 2.45) is 5.41 Å². The Labute approximate surface area is 191 Å². The number of carbonyl (C=O) groups excluding carboxylic acids is 3. The Morgan fingerprint density at radius 2 is 1.45 bits per heavy atom. The first-order chi connectivity index (χ1) is 14.5. The lowest BCUT2D eigenvalue weighted by molar-refractivity contribution is -0.138. The van der Waals surface area contributed by atoms with E-state index < -0.39 is 11.0 Å². The number of amides is 2. The molecule has 186 valence electrons. The van der Waals surface area contributed by atoms with Gasteiger partial charge < -0.3 is 20.1 Å². The predicted octanol–water partition coefficient (Wildman–Crippen LogP) is 4.28. The molecule has 0 atom stereocenters. The quantitative estimate of drug-likeness (QED) is 0.389. The molecule has 7 heteroatoms. The summed E-state index contributed by atoms with van der Waals surface area (Å²) in [7, 11) is 1.58. The Morgan fingerprint density at radius 1 is 0.903 bits per heavy atom. The Bertz CT molecular complexity index is 477. The van der Waals surface area contributed by atoms with Gasteiger partial charge in [0.15, 0.2) is 0 Å². The largest absolute Gasteiger partial charge is 0.383 e. The monoisotopic (exact) mass is 446 g/mol. The molecule has 0 unspecified atom stereocenters. The van der Waals surface area contributed by atoms with Gasteiger partial charge in [-0.3, -0.25) is 14.4 Å². The molecule has 0 saturated carbocycles. The minimum Gasteiger partial charge on any atom is -0.383 e. The minimum absolute atomic E-state index is 0.0952. The molecular weight excluding hydrogens is 396 g/mol. The van der Waals surface area contributed by atoms with Crippen molar-refractivity contribution in [3.8, 4) is 0 Å². The Balaban J connectivity index is -0.00000143. The lowest BCUT2D eigenvalue weighted by atomic mass is 9.93. The van der Waals surface area contributed by atoms with Gasteiger partial charge in [0.1, 0.15) is 5.78 Å². The summed E-state index contributed by atoms with van der Waals surface area (Å²) in [6.07, 6.45) is 3.09. The standard InChI is InChI=1S/C19H36N2O5.C3H8.C2H6/c1-7-15(22)9-8-10-16(23)21-13-19(4,5)26-14-18(2,3)17(24)20-11-12-25-6;1-3-2;1-2/h7-14H2,1-6H3,(H,20,24)(H,21,23);3H2,1-2H3;1-2H3. The molecule has 0 heterocycles. The van der Waals surface area contributed by atoms with Gasteiger partial charge in [0.05, 0.1) is 24.2 Å². The van der Waals surface area contributed by atoms with Crippen LogP contribution >= 0.6 is 0 Å². The summed E-state index contributed by atoms with van der Waals surface area (Å²) in [5.41, 5.74) is -1.28. The first-order valence-corrected chi connectivity index (χ1v) is 11.6. The summed E-state index contributed by atoms with van der Waals surface area (Å²) < 4.78 is 10.8. The van der Waals surface area contributed by atoms with E-state index in [4.69, 9.17) is 9.47 Å². The molecule has 0 aliphatic carbocycles. The molecule has 0 spiro atoms. The third-order valence-electron chi connectivity index (χ3n) is 4.00. The van der Waals surface area contributed by atoms with E-state index in [0.717, 1.165) is 0 Å². The van der Waals surface area contributed by atoms with E-state index >= 15 is 0 Å². The van der Waals surface area contributed by atoms with Crippen molar-refractivity contribution in [1.82, 2.24) is 10.6 Å². The number of hydrogen-bond acceptors (Lipinski definition) is 5. The van der Waals surface area contributed by atoms with Gasteiger partial charge in [-0.15, -0.1) is 0 Å². The molecule has 0 aromatic heterocycles. The van der Waals surface area contributed by atoms with Crippen LogP contribution in [0.15, 0.2) is 0 Å². The number of methoxy groups -OCH3 is 1. The Kier molecular flexibility index (Phi) is 22.5. The number of ketones is 1. The molecule has 0 saturated heterocycles. The van der Waals surface area contributed by atoms with Crippen molar-refractivity contribution >= 4 is 17.6 Å². The second-order valence-electron chi connectivity index (χ2n) is 8.41. The van der Waals surface area contributed by atoms with Gasteiger partial charge in [-0.1, -0.05) is 41.0 Å². The van der Waals surface area contributed by atoms with Crippen molar-refractivity contribution in [1.29, 1.82) is 0 Å². The van der Waals surface area contributed by atoms with E-state index in [1.165, 1.54) is 6.42 Å². The van der Waals surface area contributed by atoms with E-state index in [1.807, 2.05) is 48.5 Å². The van der Waals surface area contributed by atoms with Crippen LogP contribution in [-0.4, -0.2) is 56.6 Å². The van der Waals surface area contributed by atoms with Crippen LogP contribution in [0.5, 0.6) is 0 Å². The summed E-state index contributed by atoms with van der Waals surface area (Å²) in [5.74, 6) is -0.0235. The number of carbonyl (C=O) groups is 3. The number of nitrogens with one attached hydrogen (secondary N) is 2. The second-order valence-corrected chi connectivity index (χ2v) is 8.41. The average Bonchev–Trinajstić information content (AvgIpc) is 2.73. The molecule has 0 aromatic carbocycles. The fraction of sp³-hybridized carbons (Fsp3) is 0.875. The molecule has 31 heavy (non-hydrogen) atoms. The van der Waals surface area contributed by atoms with Gasteiger partial charge in [-0.05, 0) is 34.1 Å². The van der Waals surface area contributed by atoms with Gasteiger partial charge in [0.2, 0.25) is 11.8 Å². The maximum atomic E-state index is 12.2. The van der Waals surface area contributed by atoms with Crippen molar-refractivity contribution < 1.29 is 23.9 Å². The first kappa shape index (κ1) is 34.2. The fourth-order valence-electron chi connectivity index (χ4n) is 2.02. The molecule has 0 aromatic rings. The van der Waals surface area contributed by atoms with Crippen LogP contribution in [0.1, 0.15) is 94.4 Å². The summed E-state index contributed by atoms with van der Waals surface area (Å²) >= 11 is 0. The van der Waals surface area contributed by atoms with Crippen molar-refractivity contribution in [3.63, 3.8) is 0 Å². The van der Waals surface area contributed by atoms with Crippen molar-refractivity contribution in [2.75, 3.05) is 33.4 Å². The van der Waals surface area contributed by atoms with Crippen LogP contribution in [0.3, 0.4) is 0 Å². The zero-order chi connectivity index (χ0) is 24.9. The van der Waals surface area contributed by atoms with E-state index in [0.29, 0.717) is 45.4 Å². The van der Waals surface area contributed by atoms with E-state index in [9.17, 15) is 14.4 Å². The maximum absolute atomic E-state index is 12.2. The van der Waals surface area contributed by atoms with E-state index in [2.05, 4.69) is 24.5 Å². The van der Waals surface area contributed by atoms with Gasteiger partial charge in [-0.2, -0.15) is 0 Å². The smallest absolute Gasteiger partial charge is 0.228 e. The van der Waals surface area contributed by atoms with Gasteiger partial charge in [0, 0.05) is 39.5 Å². The highest BCUT2D eigenvalue weighted by Gasteiger charge is 2.31. The topological polar surface area (TPSA) is 93.7 Å². The van der Waals surface area contributed by atoms with Gasteiger partial charge in [0.25, 0.3) is 0 Å². The molecule has 2 amide bonds. The van der Waals surface area contributed by atoms with Crippen LogP contribution < -0.4 is 10.6 Å². The molecule has 0 aliphatic rings. The lowest BCUT2D eigenvalue weighted by Gasteiger charge is -2.31. The summed E-state index contributed by atoms with van der Waals surface area (Å²) in [6.45, 7) is 18.9. The van der Waals surface area contributed by atoms with Crippen LogP contribution in [0.4, 0.5) is 0 Å². The predicted molar refractivity (Wildman–Crippen MR) is 128 cm³/mol. The molecule has 0 bridgehead atoms. The molecule has 7 nitrogen and oxygen atoms in total. The van der Waals surface area contributed by atoms with Crippen molar-refractivity contribution in [3.05, 3.63) is 0 Å². The number of rotatable bonds is 14. The number of Topliss-reactive ketones (excluding diaryl/α,β-unsaturated/α-hetero) is 1. The summed E-state index contributed by atoms with van der Waals surface area (Å²) in [5, 5.41) is 5.64. The molecule has 0 radical (unpaired) electrons. The molecule has 2 N–H and O–H groups in total. The molecular formula is C24H50N2O5. The zero-order valence-electron chi connectivity index (χ0n) is 21.9. The van der Waals surface area contributed by atoms with Gasteiger partial charge in [-0.25, -0.2) is 0 Å². The normalized spacial score (nSPS) is 10.8. The fourth-order valence-corrected chi connectivity index (χ4v) is 2.02. The van der Waals surface area contributed by atoms with Gasteiger partial charge >= 0.3 is 0 Å². The van der Waals surface area contributed by atoms with E-state index in [1.54, 1.807) is 7.11 Å². The molecule has 0 aliphatic heterocycles. The lowest BCUT2D eigenvalue weighted by Crippen LogP contribution is -2.46. The number of hydrogen-bond donors (Lipinski definition) is 2. The SMILES string of the molecule is CC.CCC.CCC(=O)CCCC(=O)NCC(C)(C)OCC(C)(C)C(=O)NCCOC.